The Hall–Kier alpha value is -1.55. The molecule has 0 aromatic heterocycles. The molecule has 0 bridgehead atoms. The number of rotatable bonds is 4. The first-order chi connectivity index (χ1) is 7.54. The van der Waals surface area contributed by atoms with Crippen LogP contribution in [0.25, 0.3) is 0 Å². The quantitative estimate of drug-likeness (QED) is 0.767. The molecule has 88 valence electrons. The number of hydrogen-bond donors (Lipinski definition) is 2. The molecule has 1 aromatic rings. The lowest BCUT2D eigenvalue weighted by atomic mass is 10.1. The van der Waals surface area contributed by atoms with Crippen LogP contribution in [0.1, 0.15) is 18.1 Å². The SMILES string of the molecule is CCOCC(=O)Nc1cc(C)c(O)cc1C. The Bertz CT molecular complexity index is 388. The summed E-state index contributed by atoms with van der Waals surface area (Å²) >= 11 is 0. The lowest BCUT2D eigenvalue weighted by molar-refractivity contribution is -0.120. The van der Waals surface area contributed by atoms with Crippen molar-refractivity contribution in [3.05, 3.63) is 23.3 Å². The number of hydrogen-bond acceptors (Lipinski definition) is 3. The maximum atomic E-state index is 11.4. The minimum atomic E-state index is -0.185. The maximum Gasteiger partial charge on any atom is 0.250 e. The minimum absolute atomic E-state index is 0.0515. The van der Waals surface area contributed by atoms with Gasteiger partial charge in [0.05, 0.1) is 0 Å². The van der Waals surface area contributed by atoms with Crippen LogP contribution in [0.5, 0.6) is 5.75 Å². The van der Waals surface area contributed by atoms with Gasteiger partial charge in [-0.3, -0.25) is 4.79 Å². The summed E-state index contributed by atoms with van der Waals surface area (Å²) < 4.78 is 5.00. The predicted molar refractivity (Wildman–Crippen MR) is 62.7 cm³/mol. The van der Waals surface area contributed by atoms with E-state index in [1.165, 1.54) is 0 Å². The fraction of sp³-hybridized carbons (Fsp3) is 0.417. The molecule has 0 saturated carbocycles. The maximum absolute atomic E-state index is 11.4. The zero-order chi connectivity index (χ0) is 12.1. The second kappa shape index (κ2) is 5.51. The number of amides is 1. The lowest BCUT2D eigenvalue weighted by Crippen LogP contribution is -2.18. The molecule has 1 aromatic carbocycles. The third-order valence-corrected chi connectivity index (χ3v) is 2.25. The highest BCUT2D eigenvalue weighted by Crippen LogP contribution is 2.24. The number of aromatic hydroxyl groups is 1. The second-order valence-corrected chi connectivity index (χ2v) is 3.64. The van der Waals surface area contributed by atoms with E-state index in [4.69, 9.17) is 4.74 Å². The highest BCUT2D eigenvalue weighted by Gasteiger charge is 2.07. The van der Waals surface area contributed by atoms with Crippen molar-refractivity contribution in [2.45, 2.75) is 20.8 Å². The summed E-state index contributed by atoms with van der Waals surface area (Å²) in [5.74, 6) is 0.0512. The molecule has 0 spiro atoms. The summed E-state index contributed by atoms with van der Waals surface area (Å²) in [6.45, 7) is 6.02. The summed E-state index contributed by atoms with van der Waals surface area (Å²) in [6, 6.07) is 3.38. The van der Waals surface area contributed by atoms with Gasteiger partial charge in [-0.25, -0.2) is 0 Å². The molecule has 0 aliphatic carbocycles. The molecule has 1 rings (SSSR count). The Morgan fingerprint density at radius 2 is 2.06 bits per heavy atom. The molecule has 4 heteroatoms. The number of benzene rings is 1. The van der Waals surface area contributed by atoms with E-state index < -0.39 is 0 Å². The average molecular weight is 223 g/mol. The van der Waals surface area contributed by atoms with Crippen LogP contribution in [-0.4, -0.2) is 24.2 Å². The average Bonchev–Trinajstić information content (AvgIpc) is 2.23. The minimum Gasteiger partial charge on any atom is -0.508 e. The van der Waals surface area contributed by atoms with E-state index in [2.05, 4.69) is 5.32 Å². The van der Waals surface area contributed by atoms with Crippen LogP contribution in [0, 0.1) is 13.8 Å². The molecule has 0 radical (unpaired) electrons. The van der Waals surface area contributed by atoms with E-state index in [-0.39, 0.29) is 18.3 Å². The number of anilines is 1. The van der Waals surface area contributed by atoms with E-state index in [1.54, 1.807) is 19.1 Å². The van der Waals surface area contributed by atoms with Crippen LogP contribution in [0.4, 0.5) is 5.69 Å². The number of carbonyl (C=O) groups excluding carboxylic acids is 1. The monoisotopic (exact) mass is 223 g/mol. The van der Waals surface area contributed by atoms with E-state index >= 15 is 0 Å². The molecule has 0 fully saturated rings. The largest absolute Gasteiger partial charge is 0.508 e. The van der Waals surface area contributed by atoms with Gasteiger partial charge < -0.3 is 15.2 Å². The summed E-state index contributed by atoms with van der Waals surface area (Å²) in [4.78, 5) is 11.4. The highest BCUT2D eigenvalue weighted by atomic mass is 16.5. The first-order valence-electron chi connectivity index (χ1n) is 5.22. The number of phenolic OH excluding ortho intramolecular Hbond substituents is 1. The summed E-state index contributed by atoms with van der Waals surface area (Å²) in [6.07, 6.45) is 0. The smallest absolute Gasteiger partial charge is 0.250 e. The van der Waals surface area contributed by atoms with Gasteiger partial charge in [-0.1, -0.05) is 0 Å². The predicted octanol–water partition coefficient (Wildman–Crippen LogP) is 1.98. The summed E-state index contributed by atoms with van der Waals surface area (Å²) in [5.41, 5.74) is 2.27. The van der Waals surface area contributed by atoms with Gasteiger partial charge in [0.15, 0.2) is 0 Å². The summed E-state index contributed by atoms with van der Waals surface area (Å²) in [7, 11) is 0. The Labute approximate surface area is 95.2 Å². The topological polar surface area (TPSA) is 58.6 Å². The Balaban J connectivity index is 2.73. The molecule has 2 N–H and O–H groups in total. The zero-order valence-corrected chi connectivity index (χ0v) is 9.83. The molecule has 0 unspecified atom stereocenters. The van der Waals surface area contributed by atoms with Crippen molar-refractivity contribution >= 4 is 11.6 Å². The molecular weight excluding hydrogens is 206 g/mol. The van der Waals surface area contributed by atoms with Gasteiger partial charge in [0.2, 0.25) is 5.91 Å². The molecule has 0 saturated heterocycles. The third kappa shape index (κ3) is 3.24. The Morgan fingerprint density at radius 3 is 2.69 bits per heavy atom. The van der Waals surface area contributed by atoms with Crippen molar-refractivity contribution in [3.8, 4) is 5.75 Å². The number of phenols is 1. The van der Waals surface area contributed by atoms with E-state index in [0.717, 1.165) is 11.1 Å². The number of ether oxygens (including phenoxy) is 1. The molecule has 0 aliphatic rings. The normalized spacial score (nSPS) is 10.2. The van der Waals surface area contributed by atoms with Gasteiger partial charge in [0.1, 0.15) is 12.4 Å². The Kier molecular flexibility index (Phi) is 4.31. The molecule has 1 amide bonds. The molecule has 0 aliphatic heterocycles. The molecular formula is C12H17NO3. The first-order valence-corrected chi connectivity index (χ1v) is 5.22. The summed E-state index contributed by atoms with van der Waals surface area (Å²) in [5, 5.41) is 12.2. The van der Waals surface area contributed by atoms with E-state index in [1.807, 2.05) is 13.8 Å². The zero-order valence-electron chi connectivity index (χ0n) is 9.83. The van der Waals surface area contributed by atoms with Crippen LogP contribution < -0.4 is 5.32 Å². The van der Waals surface area contributed by atoms with Crippen LogP contribution in [0.2, 0.25) is 0 Å². The van der Waals surface area contributed by atoms with E-state index in [9.17, 15) is 9.90 Å². The van der Waals surface area contributed by atoms with Gasteiger partial charge >= 0.3 is 0 Å². The van der Waals surface area contributed by atoms with Crippen molar-refractivity contribution < 1.29 is 14.6 Å². The molecule has 0 heterocycles. The molecule has 0 atom stereocenters. The van der Waals surface area contributed by atoms with Gasteiger partial charge in [0, 0.05) is 12.3 Å². The Morgan fingerprint density at radius 1 is 1.38 bits per heavy atom. The van der Waals surface area contributed by atoms with Gasteiger partial charge in [-0.15, -0.1) is 0 Å². The van der Waals surface area contributed by atoms with Crippen LogP contribution in [0.15, 0.2) is 12.1 Å². The lowest BCUT2D eigenvalue weighted by Gasteiger charge is -2.10. The van der Waals surface area contributed by atoms with Crippen LogP contribution in [-0.2, 0) is 9.53 Å². The van der Waals surface area contributed by atoms with E-state index in [0.29, 0.717) is 12.3 Å². The fourth-order valence-corrected chi connectivity index (χ4v) is 1.32. The number of aryl methyl sites for hydroxylation is 2. The van der Waals surface area contributed by atoms with Gasteiger partial charge in [-0.2, -0.15) is 0 Å². The third-order valence-electron chi connectivity index (χ3n) is 2.25. The standard InChI is InChI=1S/C12H17NO3/c1-4-16-7-12(15)13-10-5-9(3)11(14)6-8(10)2/h5-6,14H,4,7H2,1-3H3,(H,13,15). The van der Waals surface area contributed by atoms with Crippen molar-refractivity contribution in [2.24, 2.45) is 0 Å². The number of carbonyl (C=O) groups is 1. The van der Waals surface area contributed by atoms with Gasteiger partial charge in [-0.05, 0) is 44.0 Å². The first kappa shape index (κ1) is 12.5. The van der Waals surface area contributed by atoms with Crippen molar-refractivity contribution in [2.75, 3.05) is 18.5 Å². The second-order valence-electron chi connectivity index (χ2n) is 3.64. The molecule has 4 nitrogen and oxygen atoms in total. The van der Waals surface area contributed by atoms with Crippen molar-refractivity contribution in [1.82, 2.24) is 0 Å². The van der Waals surface area contributed by atoms with Crippen molar-refractivity contribution in [1.29, 1.82) is 0 Å². The van der Waals surface area contributed by atoms with Crippen molar-refractivity contribution in [3.63, 3.8) is 0 Å². The van der Waals surface area contributed by atoms with Gasteiger partial charge in [0.25, 0.3) is 0 Å². The fourth-order valence-electron chi connectivity index (χ4n) is 1.32. The van der Waals surface area contributed by atoms with Crippen LogP contribution >= 0.6 is 0 Å². The number of nitrogens with one attached hydrogen (secondary N) is 1. The van der Waals surface area contributed by atoms with Crippen LogP contribution in [0.3, 0.4) is 0 Å². The molecule has 16 heavy (non-hydrogen) atoms. The highest BCUT2D eigenvalue weighted by molar-refractivity contribution is 5.92.